The molecule has 1 fully saturated rings. The Balaban J connectivity index is 0.00000338. The summed E-state index contributed by atoms with van der Waals surface area (Å²) in [6.45, 7) is 18.5. The van der Waals surface area contributed by atoms with E-state index in [0.717, 1.165) is 32.1 Å². The van der Waals surface area contributed by atoms with Gasteiger partial charge in [-0.1, -0.05) is 26.8 Å². The molecule has 0 aliphatic carbocycles. The predicted octanol–water partition coefficient (Wildman–Crippen LogP) is 2.84. The summed E-state index contributed by atoms with van der Waals surface area (Å²) in [4.78, 5) is 11.3. The summed E-state index contributed by atoms with van der Waals surface area (Å²) in [6, 6.07) is 4.32. The third kappa shape index (κ3) is 7.70. The number of rotatable bonds is 8. The average molecular weight is 494 g/mol. The van der Waals surface area contributed by atoms with Crippen molar-refractivity contribution in [2.75, 3.05) is 58.9 Å². The highest BCUT2D eigenvalue weighted by Gasteiger charge is 2.21. The molecule has 0 saturated carbocycles. The fourth-order valence-electron chi connectivity index (χ4n) is 3.02. The standard InChI is InChI=1S/C19H35N5S.HI/c1-5-20-18(22-16-19(3,4)17-8-7-15-25-17)21-9-10-24-13-11-23(6-2)12-14-24;/h7-8,15H,5-6,9-14,16H2,1-4H3,(H2,20,21,22);1H. The van der Waals surface area contributed by atoms with E-state index < -0.39 is 0 Å². The van der Waals surface area contributed by atoms with Crippen molar-refractivity contribution in [1.29, 1.82) is 0 Å². The van der Waals surface area contributed by atoms with Crippen LogP contribution >= 0.6 is 35.3 Å². The van der Waals surface area contributed by atoms with Crippen molar-refractivity contribution in [3.63, 3.8) is 0 Å². The number of aliphatic imine (C=N–C) groups is 1. The van der Waals surface area contributed by atoms with Crippen LogP contribution in [0, 0.1) is 0 Å². The summed E-state index contributed by atoms with van der Waals surface area (Å²) in [6.07, 6.45) is 0. The smallest absolute Gasteiger partial charge is 0.191 e. The number of likely N-dealkylation sites (N-methyl/N-ethyl adjacent to an activating group) is 1. The van der Waals surface area contributed by atoms with Gasteiger partial charge in [0.2, 0.25) is 0 Å². The van der Waals surface area contributed by atoms with E-state index in [2.05, 4.69) is 65.6 Å². The lowest BCUT2D eigenvalue weighted by Gasteiger charge is -2.34. The molecule has 7 heteroatoms. The van der Waals surface area contributed by atoms with Gasteiger partial charge in [-0.3, -0.25) is 9.89 Å². The van der Waals surface area contributed by atoms with E-state index in [9.17, 15) is 0 Å². The van der Waals surface area contributed by atoms with Gasteiger partial charge in [0, 0.05) is 56.1 Å². The summed E-state index contributed by atoms with van der Waals surface area (Å²) in [5, 5.41) is 9.01. The number of halogens is 1. The molecule has 0 spiro atoms. The van der Waals surface area contributed by atoms with Crippen molar-refractivity contribution in [3.8, 4) is 0 Å². The van der Waals surface area contributed by atoms with Gasteiger partial charge in [0.15, 0.2) is 5.96 Å². The average Bonchev–Trinajstić information content (AvgIpc) is 3.16. The molecule has 1 aromatic heterocycles. The van der Waals surface area contributed by atoms with Gasteiger partial charge >= 0.3 is 0 Å². The molecule has 26 heavy (non-hydrogen) atoms. The molecular formula is C19H36IN5S. The van der Waals surface area contributed by atoms with E-state index in [-0.39, 0.29) is 29.4 Å². The lowest BCUT2D eigenvalue weighted by molar-refractivity contribution is 0.139. The van der Waals surface area contributed by atoms with Crippen LogP contribution in [-0.4, -0.2) is 74.7 Å². The monoisotopic (exact) mass is 493 g/mol. The van der Waals surface area contributed by atoms with Gasteiger partial charge in [-0.05, 0) is 24.9 Å². The Hall–Kier alpha value is -0.380. The maximum atomic E-state index is 4.82. The number of hydrogen-bond donors (Lipinski definition) is 2. The zero-order valence-electron chi connectivity index (χ0n) is 16.8. The summed E-state index contributed by atoms with van der Waals surface area (Å²) in [7, 11) is 0. The summed E-state index contributed by atoms with van der Waals surface area (Å²) >= 11 is 1.81. The van der Waals surface area contributed by atoms with Gasteiger partial charge in [-0.15, -0.1) is 35.3 Å². The minimum atomic E-state index is 0. The second kappa shape index (κ2) is 12.2. The summed E-state index contributed by atoms with van der Waals surface area (Å²) in [5.41, 5.74) is 0.0764. The SMILES string of the molecule is CCNC(=NCC(C)(C)c1cccs1)NCCN1CCN(CC)CC1.I. The number of piperazine rings is 1. The fraction of sp³-hybridized carbons (Fsp3) is 0.737. The summed E-state index contributed by atoms with van der Waals surface area (Å²) in [5.74, 6) is 0.930. The van der Waals surface area contributed by atoms with Crippen molar-refractivity contribution in [2.24, 2.45) is 4.99 Å². The third-order valence-corrected chi connectivity index (χ3v) is 6.03. The van der Waals surface area contributed by atoms with Crippen LogP contribution in [0.3, 0.4) is 0 Å². The molecule has 0 bridgehead atoms. The zero-order chi connectivity index (χ0) is 18.1. The Morgan fingerprint density at radius 1 is 1.15 bits per heavy atom. The highest BCUT2D eigenvalue weighted by Crippen LogP contribution is 2.27. The highest BCUT2D eigenvalue weighted by molar-refractivity contribution is 14.0. The Kier molecular flexibility index (Phi) is 11.1. The molecule has 0 radical (unpaired) electrons. The molecule has 1 aliphatic rings. The van der Waals surface area contributed by atoms with Gasteiger partial charge in [0.1, 0.15) is 0 Å². The van der Waals surface area contributed by atoms with Crippen molar-refractivity contribution < 1.29 is 0 Å². The molecule has 2 rings (SSSR count). The largest absolute Gasteiger partial charge is 0.357 e. The van der Waals surface area contributed by atoms with Gasteiger partial charge in [0.25, 0.3) is 0 Å². The van der Waals surface area contributed by atoms with E-state index >= 15 is 0 Å². The quantitative estimate of drug-likeness (QED) is 0.332. The molecule has 0 amide bonds. The molecule has 0 atom stereocenters. The van der Waals surface area contributed by atoms with E-state index in [0.29, 0.717) is 0 Å². The fourth-order valence-corrected chi connectivity index (χ4v) is 3.87. The molecule has 5 nitrogen and oxygen atoms in total. The molecular weight excluding hydrogens is 457 g/mol. The van der Waals surface area contributed by atoms with Gasteiger partial charge in [0.05, 0.1) is 6.54 Å². The minimum absolute atomic E-state index is 0. The van der Waals surface area contributed by atoms with Crippen molar-refractivity contribution in [1.82, 2.24) is 20.4 Å². The third-order valence-electron chi connectivity index (χ3n) is 4.80. The van der Waals surface area contributed by atoms with Crippen LogP contribution < -0.4 is 10.6 Å². The van der Waals surface area contributed by atoms with Crippen LogP contribution in [-0.2, 0) is 5.41 Å². The minimum Gasteiger partial charge on any atom is -0.357 e. The van der Waals surface area contributed by atoms with Crippen LogP contribution in [0.5, 0.6) is 0 Å². The Morgan fingerprint density at radius 2 is 1.85 bits per heavy atom. The predicted molar refractivity (Wildman–Crippen MR) is 125 cm³/mol. The lowest BCUT2D eigenvalue weighted by atomic mass is 9.92. The molecule has 1 saturated heterocycles. The molecule has 2 heterocycles. The Morgan fingerprint density at radius 3 is 2.42 bits per heavy atom. The van der Waals surface area contributed by atoms with Crippen LogP contribution in [0.4, 0.5) is 0 Å². The first kappa shape index (κ1) is 23.7. The second-order valence-corrected chi connectivity index (χ2v) is 8.21. The summed E-state index contributed by atoms with van der Waals surface area (Å²) < 4.78 is 0. The maximum Gasteiger partial charge on any atom is 0.191 e. The van der Waals surface area contributed by atoms with Crippen LogP contribution in [0.1, 0.15) is 32.6 Å². The van der Waals surface area contributed by atoms with Gasteiger partial charge < -0.3 is 15.5 Å². The number of nitrogens with zero attached hydrogens (tertiary/aromatic N) is 3. The van der Waals surface area contributed by atoms with Gasteiger partial charge in [-0.25, -0.2) is 0 Å². The molecule has 150 valence electrons. The number of thiophene rings is 1. The van der Waals surface area contributed by atoms with E-state index in [1.165, 1.54) is 37.6 Å². The van der Waals surface area contributed by atoms with Crippen molar-refractivity contribution >= 4 is 41.3 Å². The van der Waals surface area contributed by atoms with Crippen LogP contribution in [0.25, 0.3) is 0 Å². The Labute approximate surface area is 180 Å². The van der Waals surface area contributed by atoms with Crippen LogP contribution in [0.15, 0.2) is 22.5 Å². The van der Waals surface area contributed by atoms with Gasteiger partial charge in [-0.2, -0.15) is 0 Å². The number of guanidine groups is 1. The molecule has 0 aromatic carbocycles. The molecule has 1 aliphatic heterocycles. The zero-order valence-corrected chi connectivity index (χ0v) is 19.9. The van der Waals surface area contributed by atoms with E-state index in [4.69, 9.17) is 4.99 Å². The number of hydrogen-bond acceptors (Lipinski definition) is 4. The lowest BCUT2D eigenvalue weighted by Crippen LogP contribution is -2.49. The maximum absolute atomic E-state index is 4.82. The first-order chi connectivity index (χ1) is 12.0. The topological polar surface area (TPSA) is 42.9 Å². The van der Waals surface area contributed by atoms with Crippen molar-refractivity contribution in [2.45, 2.75) is 33.1 Å². The Bertz CT molecular complexity index is 510. The highest BCUT2D eigenvalue weighted by atomic mass is 127. The molecule has 0 unspecified atom stereocenters. The first-order valence-electron chi connectivity index (χ1n) is 9.56. The van der Waals surface area contributed by atoms with Crippen molar-refractivity contribution in [3.05, 3.63) is 22.4 Å². The van der Waals surface area contributed by atoms with Crippen LogP contribution in [0.2, 0.25) is 0 Å². The van der Waals surface area contributed by atoms with E-state index in [1.807, 2.05) is 11.3 Å². The molecule has 2 N–H and O–H groups in total. The first-order valence-corrected chi connectivity index (χ1v) is 10.4. The van der Waals surface area contributed by atoms with E-state index in [1.54, 1.807) is 0 Å². The molecule has 1 aromatic rings. The normalized spacial score (nSPS) is 17.0. The second-order valence-electron chi connectivity index (χ2n) is 7.26. The number of nitrogens with one attached hydrogen (secondary N) is 2.